The second-order valence-corrected chi connectivity index (χ2v) is 5.80. The average Bonchev–Trinajstić information content (AvgIpc) is 2.59. The van der Waals surface area contributed by atoms with E-state index in [1.807, 2.05) is 0 Å². The minimum absolute atomic E-state index is 0.0720. The molecule has 26 heavy (non-hydrogen) atoms. The summed E-state index contributed by atoms with van der Waals surface area (Å²) in [5, 5.41) is 24.4. The van der Waals surface area contributed by atoms with Gasteiger partial charge in [-0.05, 0) is 12.3 Å². The maximum absolute atomic E-state index is 11.7. The Morgan fingerprint density at radius 3 is 2.08 bits per heavy atom. The Kier molecular flexibility index (Phi) is 10.6. The van der Waals surface area contributed by atoms with E-state index in [2.05, 4.69) is 16.0 Å². The van der Waals surface area contributed by atoms with E-state index in [4.69, 9.17) is 15.9 Å². The number of nitrogens with two attached hydrogens (primary N) is 1. The Bertz CT molecular complexity index is 538. The number of aliphatic carboxylic acids is 2. The van der Waals surface area contributed by atoms with Crippen LogP contribution in [0.5, 0.6) is 0 Å². The fraction of sp³-hybridized carbons (Fsp3) is 0.667. The molecule has 0 bridgehead atoms. The van der Waals surface area contributed by atoms with Crippen LogP contribution in [0.15, 0.2) is 0 Å². The first-order chi connectivity index (χ1) is 12.1. The Hall–Kier alpha value is -2.69. The number of carbonyl (C=O) groups is 5. The van der Waals surface area contributed by atoms with E-state index in [0.29, 0.717) is 6.42 Å². The predicted octanol–water partition coefficient (Wildman–Crippen LogP) is -1.97. The Balaban J connectivity index is 4.21. The van der Waals surface area contributed by atoms with Crippen molar-refractivity contribution in [2.24, 2.45) is 11.7 Å². The van der Waals surface area contributed by atoms with Crippen LogP contribution in [0, 0.1) is 5.92 Å². The van der Waals surface area contributed by atoms with Crippen molar-refractivity contribution in [1.82, 2.24) is 16.0 Å². The molecule has 148 valence electrons. The van der Waals surface area contributed by atoms with Crippen LogP contribution in [0.4, 0.5) is 0 Å². The van der Waals surface area contributed by atoms with Gasteiger partial charge in [-0.25, -0.2) is 4.79 Å². The van der Waals surface area contributed by atoms with Gasteiger partial charge in [-0.1, -0.05) is 20.3 Å². The number of carbonyl (C=O) groups excluding carboxylic acids is 3. The lowest BCUT2D eigenvalue weighted by Gasteiger charge is -2.20. The first-order valence-corrected chi connectivity index (χ1v) is 8.12. The van der Waals surface area contributed by atoms with Crippen LogP contribution in [-0.4, -0.2) is 65.0 Å². The molecule has 0 aromatic carbocycles. The van der Waals surface area contributed by atoms with Gasteiger partial charge in [-0.2, -0.15) is 0 Å². The molecule has 0 radical (unpaired) electrons. The van der Waals surface area contributed by atoms with E-state index < -0.39 is 54.8 Å². The Morgan fingerprint density at radius 2 is 1.58 bits per heavy atom. The van der Waals surface area contributed by atoms with Crippen LogP contribution in [0.25, 0.3) is 0 Å². The Morgan fingerprint density at radius 1 is 1.00 bits per heavy atom. The van der Waals surface area contributed by atoms with E-state index in [-0.39, 0.29) is 18.8 Å². The third-order valence-electron chi connectivity index (χ3n) is 3.67. The minimum Gasteiger partial charge on any atom is -0.481 e. The maximum Gasteiger partial charge on any atom is 0.326 e. The van der Waals surface area contributed by atoms with Crippen molar-refractivity contribution < 1.29 is 34.2 Å². The lowest BCUT2D eigenvalue weighted by Crippen LogP contribution is -2.50. The zero-order valence-corrected chi connectivity index (χ0v) is 14.8. The molecule has 11 nitrogen and oxygen atoms in total. The van der Waals surface area contributed by atoms with Gasteiger partial charge >= 0.3 is 11.9 Å². The highest BCUT2D eigenvalue weighted by Crippen LogP contribution is 2.07. The maximum atomic E-state index is 11.7. The molecule has 0 aliphatic rings. The number of rotatable bonds is 12. The van der Waals surface area contributed by atoms with Crippen LogP contribution in [-0.2, 0) is 24.0 Å². The highest BCUT2D eigenvalue weighted by molar-refractivity contribution is 5.90. The SMILES string of the molecule is CCC(C)C(NC(=O)CNC(=O)CNC(=O)C(N)CCC(=O)O)C(=O)O. The largest absolute Gasteiger partial charge is 0.481 e. The van der Waals surface area contributed by atoms with Crippen LogP contribution in [0.3, 0.4) is 0 Å². The van der Waals surface area contributed by atoms with Crippen LogP contribution in [0.2, 0.25) is 0 Å². The second-order valence-electron chi connectivity index (χ2n) is 5.80. The highest BCUT2D eigenvalue weighted by atomic mass is 16.4. The van der Waals surface area contributed by atoms with Gasteiger partial charge in [0.1, 0.15) is 6.04 Å². The van der Waals surface area contributed by atoms with Gasteiger partial charge in [0.15, 0.2) is 0 Å². The van der Waals surface area contributed by atoms with Crippen LogP contribution >= 0.6 is 0 Å². The number of hydrogen-bond acceptors (Lipinski definition) is 6. The fourth-order valence-electron chi connectivity index (χ4n) is 1.86. The molecular weight excluding hydrogens is 348 g/mol. The van der Waals surface area contributed by atoms with Crippen molar-refractivity contribution in [3.05, 3.63) is 0 Å². The van der Waals surface area contributed by atoms with E-state index in [1.165, 1.54) is 0 Å². The molecule has 0 aliphatic carbocycles. The number of carboxylic acid groups (broad SMARTS) is 2. The van der Waals surface area contributed by atoms with E-state index in [9.17, 15) is 24.0 Å². The molecule has 0 fully saturated rings. The monoisotopic (exact) mass is 374 g/mol. The van der Waals surface area contributed by atoms with Crippen molar-refractivity contribution in [2.45, 2.75) is 45.2 Å². The van der Waals surface area contributed by atoms with Crippen molar-refractivity contribution in [3.63, 3.8) is 0 Å². The third kappa shape index (κ3) is 9.57. The molecule has 11 heteroatoms. The summed E-state index contributed by atoms with van der Waals surface area (Å²) in [7, 11) is 0. The van der Waals surface area contributed by atoms with Crippen molar-refractivity contribution >= 4 is 29.7 Å². The van der Waals surface area contributed by atoms with Crippen molar-refractivity contribution in [3.8, 4) is 0 Å². The summed E-state index contributed by atoms with van der Waals surface area (Å²) in [5.74, 6) is -4.56. The normalized spacial score (nSPS) is 13.8. The second kappa shape index (κ2) is 11.8. The van der Waals surface area contributed by atoms with E-state index in [1.54, 1.807) is 13.8 Å². The van der Waals surface area contributed by atoms with Gasteiger partial charge in [0.25, 0.3) is 0 Å². The lowest BCUT2D eigenvalue weighted by molar-refractivity contribution is -0.143. The zero-order chi connectivity index (χ0) is 20.3. The summed E-state index contributed by atoms with van der Waals surface area (Å²) in [6.45, 7) is 2.58. The van der Waals surface area contributed by atoms with Gasteiger partial charge in [0.05, 0.1) is 19.1 Å². The summed E-state index contributed by atoms with van der Waals surface area (Å²) in [6.07, 6.45) is 0.205. The summed E-state index contributed by atoms with van der Waals surface area (Å²) < 4.78 is 0. The zero-order valence-electron chi connectivity index (χ0n) is 14.8. The highest BCUT2D eigenvalue weighted by Gasteiger charge is 2.25. The standard InChI is InChI=1S/C15H26N4O7/c1-3-8(2)13(15(25)26)19-11(21)7-17-10(20)6-18-14(24)9(16)4-5-12(22)23/h8-9,13H,3-7,16H2,1-2H3,(H,17,20)(H,18,24)(H,19,21)(H,22,23)(H,25,26). The van der Waals surface area contributed by atoms with Crippen LogP contribution < -0.4 is 21.7 Å². The summed E-state index contributed by atoms with van der Waals surface area (Å²) in [5.41, 5.74) is 5.47. The molecule has 0 saturated carbocycles. The number of carboxylic acids is 2. The number of hydrogen-bond donors (Lipinski definition) is 6. The molecule has 0 rings (SSSR count). The third-order valence-corrected chi connectivity index (χ3v) is 3.67. The van der Waals surface area contributed by atoms with Gasteiger partial charge in [-0.15, -0.1) is 0 Å². The molecule has 0 aromatic rings. The first kappa shape index (κ1) is 23.3. The molecule has 3 atom stereocenters. The summed E-state index contributed by atoms with van der Waals surface area (Å²) >= 11 is 0. The average molecular weight is 374 g/mol. The minimum atomic E-state index is -1.17. The molecule has 0 aliphatic heterocycles. The van der Waals surface area contributed by atoms with Crippen molar-refractivity contribution in [1.29, 1.82) is 0 Å². The van der Waals surface area contributed by atoms with Gasteiger partial charge in [0, 0.05) is 6.42 Å². The molecular formula is C15H26N4O7. The quantitative estimate of drug-likeness (QED) is 0.227. The van der Waals surface area contributed by atoms with Crippen molar-refractivity contribution in [2.75, 3.05) is 13.1 Å². The molecule has 0 aromatic heterocycles. The van der Waals surface area contributed by atoms with Crippen LogP contribution in [0.1, 0.15) is 33.1 Å². The predicted molar refractivity (Wildman–Crippen MR) is 89.9 cm³/mol. The number of nitrogens with one attached hydrogen (secondary N) is 3. The summed E-state index contributed by atoms with van der Waals surface area (Å²) in [6, 6.07) is -2.12. The van der Waals surface area contributed by atoms with Gasteiger partial charge < -0.3 is 31.9 Å². The number of amides is 3. The topological polar surface area (TPSA) is 188 Å². The summed E-state index contributed by atoms with van der Waals surface area (Å²) in [4.78, 5) is 56.4. The van der Waals surface area contributed by atoms with Gasteiger partial charge in [0.2, 0.25) is 17.7 Å². The lowest BCUT2D eigenvalue weighted by atomic mass is 9.99. The molecule has 3 amide bonds. The molecule has 0 spiro atoms. The molecule has 0 saturated heterocycles. The smallest absolute Gasteiger partial charge is 0.326 e. The van der Waals surface area contributed by atoms with E-state index in [0.717, 1.165) is 0 Å². The van der Waals surface area contributed by atoms with Gasteiger partial charge in [-0.3, -0.25) is 19.2 Å². The molecule has 7 N–H and O–H groups in total. The Labute approximate surface area is 150 Å². The molecule has 3 unspecified atom stereocenters. The first-order valence-electron chi connectivity index (χ1n) is 8.12. The molecule has 0 heterocycles. The van der Waals surface area contributed by atoms with E-state index >= 15 is 0 Å². The fourth-order valence-corrected chi connectivity index (χ4v) is 1.86.